The van der Waals surface area contributed by atoms with Crippen molar-refractivity contribution in [2.75, 3.05) is 11.1 Å². The smallest absolute Gasteiger partial charge is 0.236 e. The van der Waals surface area contributed by atoms with Crippen LogP contribution in [0.25, 0.3) is 0 Å². The molecule has 0 atom stereocenters. The van der Waals surface area contributed by atoms with Crippen molar-refractivity contribution in [1.82, 2.24) is 10.2 Å². The summed E-state index contributed by atoms with van der Waals surface area (Å²) in [5, 5.41) is 12.9. The maximum Gasteiger partial charge on any atom is 0.236 e. The minimum Gasteiger partial charge on any atom is -0.300 e. The maximum atomic E-state index is 12.0. The molecule has 1 aliphatic rings. The van der Waals surface area contributed by atoms with Gasteiger partial charge in [0.1, 0.15) is 5.01 Å². The Morgan fingerprint density at radius 2 is 1.95 bits per heavy atom. The summed E-state index contributed by atoms with van der Waals surface area (Å²) >= 11 is 3.05. The van der Waals surface area contributed by atoms with Crippen molar-refractivity contribution in [3.8, 4) is 0 Å². The van der Waals surface area contributed by atoms with Gasteiger partial charge in [0.15, 0.2) is 0 Å². The Kier molecular flexibility index (Phi) is 5.45. The molecule has 116 valence electrons. The summed E-state index contributed by atoms with van der Waals surface area (Å²) in [6, 6.07) is 9.93. The molecular formula is C16H19N3OS2. The number of hydrogen-bond acceptors (Lipinski definition) is 5. The number of nitrogens with zero attached hydrogens (tertiary/aromatic N) is 2. The van der Waals surface area contributed by atoms with Crippen LogP contribution in [-0.4, -0.2) is 21.9 Å². The van der Waals surface area contributed by atoms with E-state index in [4.69, 9.17) is 0 Å². The molecule has 1 aromatic heterocycles. The van der Waals surface area contributed by atoms with Gasteiger partial charge in [-0.15, -0.1) is 22.0 Å². The predicted octanol–water partition coefficient (Wildman–Crippen LogP) is 4.32. The Balaban J connectivity index is 1.50. The number of anilines is 1. The van der Waals surface area contributed by atoms with Gasteiger partial charge in [-0.1, -0.05) is 48.8 Å². The van der Waals surface area contributed by atoms with Gasteiger partial charge in [0.2, 0.25) is 11.0 Å². The van der Waals surface area contributed by atoms with Gasteiger partial charge in [-0.25, -0.2) is 0 Å². The molecule has 1 heterocycles. The second-order valence-electron chi connectivity index (χ2n) is 5.43. The van der Waals surface area contributed by atoms with Crippen LogP contribution in [-0.2, 0) is 4.79 Å². The van der Waals surface area contributed by atoms with Gasteiger partial charge in [-0.2, -0.15) is 0 Å². The predicted molar refractivity (Wildman–Crippen MR) is 91.5 cm³/mol. The molecule has 1 fully saturated rings. The first kappa shape index (κ1) is 15.5. The standard InChI is InChI=1S/C16H19N3OS2/c20-14(11-21-13-9-5-2-6-10-13)17-16-19-18-15(22-16)12-7-3-1-4-8-12/h2,5-6,9-10,12H,1,3-4,7-8,11H2,(H,17,19,20). The third-order valence-corrected chi connectivity index (χ3v) is 5.77. The van der Waals surface area contributed by atoms with Crippen molar-refractivity contribution < 1.29 is 4.79 Å². The molecule has 1 amide bonds. The zero-order chi connectivity index (χ0) is 15.2. The van der Waals surface area contributed by atoms with Crippen LogP contribution >= 0.6 is 23.1 Å². The molecule has 1 aromatic carbocycles. The van der Waals surface area contributed by atoms with Crippen LogP contribution in [0, 0.1) is 0 Å². The number of amides is 1. The highest BCUT2D eigenvalue weighted by atomic mass is 32.2. The molecule has 0 saturated heterocycles. The fourth-order valence-corrected chi connectivity index (χ4v) is 4.27. The highest BCUT2D eigenvalue weighted by Crippen LogP contribution is 2.35. The number of carbonyl (C=O) groups excluding carboxylic acids is 1. The zero-order valence-electron chi connectivity index (χ0n) is 12.3. The Morgan fingerprint density at radius 3 is 2.73 bits per heavy atom. The van der Waals surface area contributed by atoms with E-state index in [0.29, 0.717) is 16.8 Å². The van der Waals surface area contributed by atoms with Crippen LogP contribution in [0.3, 0.4) is 0 Å². The fourth-order valence-electron chi connectivity index (χ4n) is 2.62. The van der Waals surface area contributed by atoms with Crippen LogP contribution in [0.4, 0.5) is 5.13 Å². The molecule has 0 spiro atoms. The number of nitrogens with one attached hydrogen (secondary N) is 1. The van der Waals surface area contributed by atoms with Crippen LogP contribution in [0.1, 0.15) is 43.0 Å². The van der Waals surface area contributed by atoms with Gasteiger partial charge in [-0.3, -0.25) is 10.1 Å². The van der Waals surface area contributed by atoms with Gasteiger partial charge in [0, 0.05) is 10.8 Å². The van der Waals surface area contributed by atoms with Crippen LogP contribution in [0.5, 0.6) is 0 Å². The number of benzene rings is 1. The largest absolute Gasteiger partial charge is 0.300 e. The lowest BCUT2D eigenvalue weighted by atomic mass is 9.90. The summed E-state index contributed by atoms with van der Waals surface area (Å²) < 4.78 is 0. The summed E-state index contributed by atoms with van der Waals surface area (Å²) in [5.74, 6) is 0.901. The first-order valence-electron chi connectivity index (χ1n) is 7.62. The maximum absolute atomic E-state index is 12.0. The lowest BCUT2D eigenvalue weighted by molar-refractivity contribution is -0.113. The number of carbonyl (C=O) groups is 1. The van der Waals surface area contributed by atoms with Gasteiger partial charge in [-0.05, 0) is 25.0 Å². The van der Waals surface area contributed by atoms with Gasteiger partial charge >= 0.3 is 0 Å². The second-order valence-corrected chi connectivity index (χ2v) is 7.49. The molecule has 0 bridgehead atoms. The van der Waals surface area contributed by atoms with Gasteiger partial charge in [0.05, 0.1) is 5.75 Å². The van der Waals surface area contributed by atoms with Crippen molar-refractivity contribution in [1.29, 1.82) is 0 Å². The number of thioether (sulfide) groups is 1. The third-order valence-electron chi connectivity index (χ3n) is 3.75. The lowest BCUT2D eigenvalue weighted by Gasteiger charge is -2.18. The van der Waals surface area contributed by atoms with Crippen molar-refractivity contribution in [2.24, 2.45) is 0 Å². The van der Waals surface area contributed by atoms with E-state index in [-0.39, 0.29) is 5.91 Å². The van der Waals surface area contributed by atoms with Crippen molar-refractivity contribution in [2.45, 2.75) is 42.9 Å². The van der Waals surface area contributed by atoms with Crippen molar-refractivity contribution in [3.63, 3.8) is 0 Å². The highest BCUT2D eigenvalue weighted by Gasteiger charge is 2.20. The second kappa shape index (κ2) is 7.74. The molecule has 1 N–H and O–H groups in total. The van der Waals surface area contributed by atoms with E-state index < -0.39 is 0 Å². The average molecular weight is 333 g/mol. The molecule has 0 unspecified atom stereocenters. The topological polar surface area (TPSA) is 54.9 Å². The lowest BCUT2D eigenvalue weighted by Crippen LogP contribution is -2.13. The number of rotatable bonds is 5. The van der Waals surface area contributed by atoms with E-state index in [2.05, 4.69) is 15.5 Å². The molecule has 2 aromatic rings. The Morgan fingerprint density at radius 1 is 1.18 bits per heavy atom. The zero-order valence-corrected chi connectivity index (χ0v) is 14.0. The molecule has 3 rings (SSSR count). The van der Waals surface area contributed by atoms with E-state index in [1.807, 2.05) is 30.3 Å². The third kappa shape index (κ3) is 4.30. The molecule has 0 radical (unpaired) electrons. The summed E-state index contributed by atoms with van der Waals surface area (Å²) in [6.07, 6.45) is 6.29. The van der Waals surface area contributed by atoms with Crippen LogP contribution in [0.15, 0.2) is 35.2 Å². The molecule has 1 saturated carbocycles. The monoisotopic (exact) mass is 333 g/mol. The normalized spacial score (nSPS) is 15.6. The van der Waals surface area contributed by atoms with E-state index in [9.17, 15) is 4.79 Å². The molecule has 22 heavy (non-hydrogen) atoms. The van der Waals surface area contributed by atoms with Crippen molar-refractivity contribution >= 4 is 34.1 Å². The van der Waals surface area contributed by atoms with Crippen LogP contribution < -0.4 is 5.32 Å². The molecular weight excluding hydrogens is 314 g/mol. The number of hydrogen-bond donors (Lipinski definition) is 1. The first-order chi connectivity index (χ1) is 10.8. The highest BCUT2D eigenvalue weighted by molar-refractivity contribution is 8.00. The van der Waals surface area contributed by atoms with Crippen molar-refractivity contribution in [3.05, 3.63) is 35.3 Å². The Labute approximate surface area is 138 Å². The molecule has 6 heteroatoms. The quantitative estimate of drug-likeness (QED) is 0.828. The Bertz CT molecular complexity index is 609. The van der Waals surface area contributed by atoms with Gasteiger partial charge in [0.25, 0.3) is 0 Å². The molecule has 0 aliphatic heterocycles. The minimum atomic E-state index is -0.0276. The van der Waals surface area contributed by atoms with E-state index in [1.54, 1.807) is 0 Å². The fraction of sp³-hybridized carbons (Fsp3) is 0.438. The Hall–Kier alpha value is -1.40. The SMILES string of the molecule is O=C(CSc1ccccc1)Nc1nnc(C2CCCCC2)s1. The van der Waals surface area contributed by atoms with Crippen LogP contribution in [0.2, 0.25) is 0 Å². The van der Waals surface area contributed by atoms with E-state index in [1.165, 1.54) is 55.2 Å². The summed E-state index contributed by atoms with van der Waals surface area (Å²) in [4.78, 5) is 13.1. The number of aromatic nitrogens is 2. The average Bonchev–Trinajstić information content (AvgIpc) is 3.03. The van der Waals surface area contributed by atoms with E-state index in [0.717, 1.165) is 9.90 Å². The van der Waals surface area contributed by atoms with Gasteiger partial charge < -0.3 is 0 Å². The van der Waals surface area contributed by atoms with E-state index >= 15 is 0 Å². The summed E-state index contributed by atoms with van der Waals surface area (Å²) in [5.41, 5.74) is 0. The first-order valence-corrected chi connectivity index (χ1v) is 9.42. The molecule has 4 nitrogen and oxygen atoms in total. The minimum absolute atomic E-state index is 0.0276. The summed E-state index contributed by atoms with van der Waals surface area (Å²) in [6.45, 7) is 0. The summed E-state index contributed by atoms with van der Waals surface area (Å²) in [7, 11) is 0. The molecule has 1 aliphatic carbocycles.